The van der Waals surface area contributed by atoms with Crippen LogP contribution in [-0.2, 0) is 0 Å². The lowest BCUT2D eigenvalue weighted by Crippen LogP contribution is -2.26. The van der Waals surface area contributed by atoms with Gasteiger partial charge >= 0.3 is 0 Å². The van der Waals surface area contributed by atoms with Crippen molar-refractivity contribution in [2.45, 2.75) is 0 Å². The molecule has 0 aliphatic rings. The van der Waals surface area contributed by atoms with E-state index in [4.69, 9.17) is 5.73 Å². The zero-order valence-electron chi connectivity index (χ0n) is 10.5. The van der Waals surface area contributed by atoms with Crippen molar-refractivity contribution in [2.75, 3.05) is 25.0 Å². The van der Waals surface area contributed by atoms with E-state index < -0.39 is 0 Å². The predicted molar refractivity (Wildman–Crippen MR) is 77.5 cm³/mol. The molecule has 0 unspecified atom stereocenters. The van der Waals surface area contributed by atoms with Crippen molar-refractivity contribution in [1.29, 1.82) is 0 Å². The number of rotatable bonds is 4. The van der Waals surface area contributed by atoms with Crippen LogP contribution < -0.4 is 10.6 Å². The number of aromatic nitrogens is 2. The normalized spacial score (nSPS) is 10.5. The van der Waals surface area contributed by atoms with Crippen LogP contribution in [0, 0.1) is 5.82 Å². The first kappa shape index (κ1) is 13.9. The van der Waals surface area contributed by atoms with Gasteiger partial charge in [0.1, 0.15) is 5.82 Å². The molecule has 0 aliphatic heterocycles. The molecule has 0 radical (unpaired) electrons. The van der Waals surface area contributed by atoms with Crippen LogP contribution in [0.4, 0.5) is 10.3 Å². The first-order valence-electron chi connectivity index (χ1n) is 5.81. The molecule has 0 amide bonds. The Morgan fingerprint density at radius 3 is 2.84 bits per heavy atom. The molecule has 1 aromatic carbocycles. The molecule has 1 heterocycles. The highest BCUT2D eigenvalue weighted by atomic mass is 79.9. The maximum atomic E-state index is 13.1. The van der Waals surface area contributed by atoms with Gasteiger partial charge < -0.3 is 10.6 Å². The zero-order valence-corrected chi connectivity index (χ0v) is 12.1. The Bertz CT molecular complexity index is 576. The van der Waals surface area contributed by atoms with Crippen molar-refractivity contribution in [2.24, 2.45) is 5.73 Å². The fourth-order valence-corrected chi connectivity index (χ4v) is 2.23. The zero-order chi connectivity index (χ0) is 13.8. The third kappa shape index (κ3) is 3.27. The van der Waals surface area contributed by atoms with Crippen LogP contribution >= 0.6 is 15.9 Å². The van der Waals surface area contributed by atoms with Gasteiger partial charge in [-0.3, -0.25) is 0 Å². The summed E-state index contributed by atoms with van der Waals surface area (Å²) in [5.74, 6) is 0.310. The number of anilines is 1. The second-order valence-corrected chi connectivity index (χ2v) is 4.93. The summed E-state index contributed by atoms with van der Waals surface area (Å²) in [6.45, 7) is 1.21. The van der Waals surface area contributed by atoms with Gasteiger partial charge in [-0.1, -0.05) is 0 Å². The number of nitrogens with zero attached hydrogens (tertiary/aromatic N) is 3. The number of likely N-dealkylation sites (N-methyl/N-ethyl adjacent to an activating group) is 1. The van der Waals surface area contributed by atoms with Gasteiger partial charge in [0.25, 0.3) is 0 Å². The lowest BCUT2D eigenvalue weighted by molar-refractivity contribution is 0.627. The van der Waals surface area contributed by atoms with Crippen molar-refractivity contribution in [3.05, 3.63) is 40.8 Å². The number of halogens is 2. The van der Waals surface area contributed by atoms with E-state index in [1.165, 1.54) is 12.1 Å². The maximum absolute atomic E-state index is 13.1. The van der Waals surface area contributed by atoms with Crippen LogP contribution in [0.5, 0.6) is 0 Å². The van der Waals surface area contributed by atoms with Crippen LogP contribution in [0.15, 0.2) is 34.9 Å². The third-order valence-corrected chi connectivity index (χ3v) is 3.31. The van der Waals surface area contributed by atoms with Crippen molar-refractivity contribution in [3.63, 3.8) is 0 Å². The smallest absolute Gasteiger partial charge is 0.225 e. The average molecular weight is 325 g/mol. The molecule has 0 spiro atoms. The van der Waals surface area contributed by atoms with Crippen LogP contribution in [0.3, 0.4) is 0 Å². The summed E-state index contributed by atoms with van der Waals surface area (Å²) in [6.07, 6.45) is 1.68. The van der Waals surface area contributed by atoms with Crippen LogP contribution in [-0.4, -0.2) is 30.1 Å². The topological polar surface area (TPSA) is 55.0 Å². The van der Waals surface area contributed by atoms with Crippen molar-refractivity contribution in [1.82, 2.24) is 9.97 Å². The molecule has 0 aliphatic carbocycles. The molecule has 2 aromatic rings. The monoisotopic (exact) mass is 324 g/mol. The number of hydrogen-bond acceptors (Lipinski definition) is 4. The minimum atomic E-state index is -0.287. The summed E-state index contributed by atoms with van der Waals surface area (Å²) in [7, 11) is 1.88. The van der Waals surface area contributed by atoms with E-state index in [0.29, 0.717) is 23.5 Å². The Morgan fingerprint density at radius 1 is 1.37 bits per heavy atom. The number of nitrogens with two attached hydrogens (primary N) is 1. The molecule has 2 N–H and O–H groups in total. The highest BCUT2D eigenvalue weighted by Crippen LogP contribution is 2.27. The summed E-state index contributed by atoms with van der Waals surface area (Å²) < 4.78 is 13.8. The van der Waals surface area contributed by atoms with Gasteiger partial charge in [0.05, 0.1) is 5.69 Å². The van der Waals surface area contributed by atoms with E-state index in [1.54, 1.807) is 18.3 Å². The Morgan fingerprint density at radius 2 is 2.16 bits per heavy atom. The Labute approximate surface area is 119 Å². The summed E-state index contributed by atoms with van der Waals surface area (Å²) in [4.78, 5) is 10.5. The summed E-state index contributed by atoms with van der Waals surface area (Å²) in [5.41, 5.74) is 7.07. The average Bonchev–Trinajstić information content (AvgIpc) is 2.39. The second kappa shape index (κ2) is 6.08. The van der Waals surface area contributed by atoms with E-state index in [0.717, 1.165) is 11.3 Å². The standard InChI is InChI=1S/C13H14BrFN4/c1-19(7-5-16)13-17-6-4-12(18-13)10-3-2-9(15)8-11(10)14/h2-4,6,8H,5,7,16H2,1H3. The number of benzene rings is 1. The van der Waals surface area contributed by atoms with E-state index in [1.807, 2.05) is 11.9 Å². The molecule has 2 rings (SSSR count). The van der Waals surface area contributed by atoms with Gasteiger partial charge in [0.15, 0.2) is 0 Å². The number of hydrogen-bond donors (Lipinski definition) is 1. The SMILES string of the molecule is CN(CCN)c1nccc(-c2ccc(F)cc2Br)n1. The van der Waals surface area contributed by atoms with Gasteiger partial charge in [-0.2, -0.15) is 0 Å². The maximum Gasteiger partial charge on any atom is 0.225 e. The molecule has 0 fully saturated rings. The van der Waals surface area contributed by atoms with Gasteiger partial charge in [0, 0.05) is 36.4 Å². The van der Waals surface area contributed by atoms with Crippen LogP contribution in [0.2, 0.25) is 0 Å². The lowest BCUT2D eigenvalue weighted by atomic mass is 10.1. The molecule has 0 bridgehead atoms. The molecule has 0 saturated carbocycles. The molecular formula is C13H14BrFN4. The summed E-state index contributed by atoms with van der Waals surface area (Å²) >= 11 is 3.34. The first-order valence-corrected chi connectivity index (χ1v) is 6.61. The minimum absolute atomic E-state index is 0.287. The van der Waals surface area contributed by atoms with Crippen molar-refractivity contribution in [3.8, 4) is 11.3 Å². The lowest BCUT2D eigenvalue weighted by Gasteiger charge is -2.16. The first-order chi connectivity index (χ1) is 9.11. The van der Waals surface area contributed by atoms with Crippen molar-refractivity contribution >= 4 is 21.9 Å². The van der Waals surface area contributed by atoms with Gasteiger partial charge in [-0.15, -0.1) is 0 Å². The van der Waals surface area contributed by atoms with Crippen LogP contribution in [0.25, 0.3) is 11.3 Å². The molecule has 1 aromatic heterocycles. The Hall–Kier alpha value is -1.53. The highest BCUT2D eigenvalue weighted by molar-refractivity contribution is 9.10. The summed E-state index contributed by atoms with van der Waals surface area (Å²) in [6, 6.07) is 6.30. The predicted octanol–water partition coefficient (Wildman–Crippen LogP) is 2.44. The minimum Gasteiger partial charge on any atom is -0.343 e. The second-order valence-electron chi connectivity index (χ2n) is 4.08. The fraction of sp³-hybridized carbons (Fsp3) is 0.231. The van der Waals surface area contributed by atoms with Gasteiger partial charge in [-0.05, 0) is 40.2 Å². The molecule has 4 nitrogen and oxygen atoms in total. The van der Waals surface area contributed by atoms with Crippen LogP contribution in [0.1, 0.15) is 0 Å². The van der Waals surface area contributed by atoms with Gasteiger partial charge in [0.2, 0.25) is 5.95 Å². The van der Waals surface area contributed by atoms with E-state index >= 15 is 0 Å². The van der Waals surface area contributed by atoms with E-state index in [2.05, 4.69) is 25.9 Å². The highest BCUT2D eigenvalue weighted by Gasteiger charge is 2.09. The van der Waals surface area contributed by atoms with Gasteiger partial charge in [-0.25, -0.2) is 14.4 Å². The summed E-state index contributed by atoms with van der Waals surface area (Å²) in [5, 5.41) is 0. The van der Waals surface area contributed by atoms with E-state index in [-0.39, 0.29) is 5.82 Å². The molecular weight excluding hydrogens is 311 g/mol. The van der Waals surface area contributed by atoms with Crippen molar-refractivity contribution < 1.29 is 4.39 Å². The molecule has 0 atom stereocenters. The Kier molecular flexibility index (Phi) is 4.44. The molecule has 100 valence electrons. The third-order valence-electron chi connectivity index (χ3n) is 2.66. The quantitative estimate of drug-likeness (QED) is 0.938. The fourth-order valence-electron chi connectivity index (χ4n) is 1.67. The molecule has 0 saturated heterocycles. The molecule has 6 heteroatoms. The Balaban J connectivity index is 2.37. The van der Waals surface area contributed by atoms with E-state index in [9.17, 15) is 4.39 Å². The molecule has 19 heavy (non-hydrogen) atoms. The largest absolute Gasteiger partial charge is 0.343 e.